The van der Waals surface area contributed by atoms with Crippen molar-refractivity contribution in [1.29, 1.82) is 0 Å². The molecule has 5 rings (SSSR count). The molecule has 0 aliphatic rings. The minimum atomic E-state index is -2.20. The second kappa shape index (κ2) is 13.7. The number of carbonyl (C=O) groups excluding carboxylic acids is 1. The number of carbonyl (C=O) groups is 1. The number of hydrogen-bond donors (Lipinski definition) is 1. The fourth-order valence-electron chi connectivity index (χ4n) is 5.47. The van der Waals surface area contributed by atoms with Crippen LogP contribution in [0.2, 0.25) is 0 Å². The third-order valence-corrected chi connectivity index (χ3v) is 12.5. The van der Waals surface area contributed by atoms with Crippen LogP contribution < -0.4 is 26.0 Å². The van der Waals surface area contributed by atoms with Crippen LogP contribution in [0, 0.1) is 0 Å². The topological polar surface area (TPSA) is 38.3 Å². The number of ether oxygens (including phenoxy) is 1. The molecule has 0 aromatic heterocycles. The van der Waals surface area contributed by atoms with Crippen LogP contribution in [0.25, 0.3) is 11.1 Å². The SMILES string of the molecule is O=C(NCCCCC[PH](c1ccccc1)(c1ccccc1)c1ccccc1)Oc1ccc(-c2ccccc2)cc1. The van der Waals surface area contributed by atoms with Gasteiger partial charge in [-0.1, -0.05) is 30.3 Å². The molecule has 0 saturated carbocycles. The van der Waals surface area contributed by atoms with E-state index < -0.39 is 13.4 Å². The molecule has 5 aromatic rings. The zero-order valence-corrected chi connectivity index (χ0v) is 23.7. The van der Waals surface area contributed by atoms with Crippen LogP contribution in [0.1, 0.15) is 19.3 Å². The third kappa shape index (κ3) is 6.68. The second-order valence-electron chi connectivity index (χ2n) is 10.0. The first-order valence-electron chi connectivity index (χ1n) is 14.0. The predicted octanol–water partition coefficient (Wildman–Crippen LogP) is 7.34. The van der Waals surface area contributed by atoms with Gasteiger partial charge in [0, 0.05) is 0 Å². The van der Waals surface area contributed by atoms with Gasteiger partial charge >= 0.3 is 203 Å². The summed E-state index contributed by atoms with van der Waals surface area (Å²) in [6, 6.07) is 50.8. The van der Waals surface area contributed by atoms with Crippen molar-refractivity contribution < 1.29 is 9.53 Å². The molecule has 4 heteroatoms. The van der Waals surface area contributed by atoms with Crippen molar-refractivity contribution in [3.05, 3.63) is 146 Å². The quantitative estimate of drug-likeness (QED) is 0.139. The first-order valence-corrected chi connectivity index (χ1v) is 16.2. The third-order valence-electron chi connectivity index (χ3n) is 7.47. The standard InChI is InChI=1S/C36H36NO2P/c38-36(39-32-26-24-31(25-27-32)30-16-6-1-7-17-30)37-28-14-5-15-29-40(33-18-8-2-9-19-33,34-20-10-3-11-21-34)35-22-12-4-13-23-35/h1-4,6-13,16-27,40H,5,14-15,28-29H2,(H,37,38). The van der Waals surface area contributed by atoms with E-state index >= 15 is 0 Å². The minimum absolute atomic E-state index is 0.408. The van der Waals surface area contributed by atoms with Crippen molar-refractivity contribution in [2.45, 2.75) is 19.3 Å². The predicted molar refractivity (Wildman–Crippen MR) is 171 cm³/mol. The summed E-state index contributed by atoms with van der Waals surface area (Å²) in [6.45, 7) is 0.595. The van der Waals surface area contributed by atoms with Gasteiger partial charge in [0.25, 0.3) is 0 Å². The molecule has 1 amide bonds. The maximum absolute atomic E-state index is 12.4. The molecule has 5 aromatic carbocycles. The Bertz CT molecular complexity index is 1360. The summed E-state index contributed by atoms with van der Waals surface area (Å²) in [4.78, 5) is 12.4. The molecule has 0 saturated heterocycles. The monoisotopic (exact) mass is 545 g/mol. The molecular weight excluding hydrogens is 509 g/mol. The van der Waals surface area contributed by atoms with Gasteiger partial charge in [-0.3, -0.25) is 0 Å². The van der Waals surface area contributed by atoms with Gasteiger partial charge in [0.1, 0.15) is 0 Å². The van der Waals surface area contributed by atoms with E-state index in [9.17, 15) is 4.79 Å². The van der Waals surface area contributed by atoms with Crippen LogP contribution in [0.15, 0.2) is 146 Å². The molecule has 0 unspecified atom stereocenters. The number of unbranched alkanes of at least 4 members (excludes halogenated alkanes) is 2. The van der Waals surface area contributed by atoms with Gasteiger partial charge in [-0.25, -0.2) is 0 Å². The van der Waals surface area contributed by atoms with Crippen molar-refractivity contribution in [3.63, 3.8) is 0 Å². The Morgan fingerprint density at radius 1 is 0.525 bits per heavy atom. The van der Waals surface area contributed by atoms with E-state index in [4.69, 9.17) is 4.74 Å². The van der Waals surface area contributed by atoms with Crippen LogP contribution in [0.5, 0.6) is 5.75 Å². The average molecular weight is 546 g/mol. The number of hydrogen-bond acceptors (Lipinski definition) is 2. The normalized spacial score (nSPS) is 11.5. The van der Waals surface area contributed by atoms with Crippen molar-refractivity contribution in [3.8, 4) is 16.9 Å². The van der Waals surface area contributed by atoms with E-state index in [0.717, 1.165) is 36.6 Å². The zero-order chi connectivity index (χ0) is 27.5. The molecule has 0 heterocycles. The Balaban J connectivity index is 1.17. The Labute approximate surface area is 238 Å². The number of nitrogens with one attached hydrogen (secondary N) is 1. The molecule has 40 heavy (non-hydrogen) atoms. The van der Waals surface area contributed by atoms with Gasteiger partial charge < -0.3 is 0 Å². The summed E-state index contributed by atoms with van der Waals surface area (Å²) in [5, 5.41) is 7.23. The van der Waals surface area contributed by atoms with Crippen LogP contribution in [-0.2, 0) is 0 Å². The molecule has 0 aliphatic heterocycles. The molecular formula is C36H36NO2P. The van der Waals surface area contributed by atoms with E-state index in [1.54, 1.807) is 0 Å². The average Bonchev–Trinajstić information content (AvgIpc) is 3.03. The number of benzene rings is 5. The number of amides is 1. The van der Waals surface area contributed by atoms with Crippen molar-refractivity contribution in [1.82, 2.24) is 5.32 Å². The Morgan fingerprint density at radius 3 is 1.48 bits per heavy atom. The van der Waals surface area contributed by atoms with Crippen molar-refractivity contribution in [2.75, 3.05) is 12.7 Å². The van der Waals surface area contributed by atoms with Gasteiger partial charge in [-0.2, -0.15) is 0 Å². The molecule has 0 aliphatic carbocycles. The van der Waals surface area contributed by atoms with E-state index in [-0.39, 0.29) is 0 Å². The molecule has 0 radical (unpaired) electrons. The second-order valence-corrected chi connectivity index (χ2v) is 14.1. The summed E-state index contributed by atoms with van der Waals surface area (Å²) in [7, 11) is -2.20. The molecule has 0 fully saturated rings. The van der Waals surface area contributed by atoms with Crippen molar-refractivity contribution >= 4 is 29.3 Å². The molecule has 1 N–H and O–H groups in total. The van der Waals surface area contributed by atoms with E-state index in [0.29, 0.717) is 12.3 Å². The van der Waals surface area contributed by atoms with Gasteiger partial charge in [0.2, 0.25) is 0 Å². The van der Waals surface area contributed by atoms with Crippen LogP contribution in [0.4, 0.5) is 4.79 Å². The number of rotatable bonds is 11. The van der Waals surface area contributed by atoms with E-state index in [1.165, 1.54) is 15.9 Å². The fourth-order valence-corrected chi connectivity index (χ4v) is 10.4. The van der Waals surface area contributed by atoms with Gasteiger partial charge in [0.05, 0.1) is 0 Å². The van der Waals surface area contributed by atoms with Crippen LogP contribution in [-0.4, -0.2) is 18.8 Å². The van der Waals surface area contributed by atoms with Crippen LogP contribution in [0.3, 0.4) is 0 Å². The van der Waals surface area contributed by atoms with E-state index in [2.05, 4.69) is 108 Å². The fraction of sp³-hybridized carbons (Fsp3) is 0.139. The molecule has 0 spiro atoms. The van der Waals surface area contributed by atoms with Crippen LogP contribution >= 0.6 is 7.26 Å². The summed E-state index contributed by atoms with van der Waals surface area (Å²) >= 11 is 0. The summed E-state index contributed by atoms with van der Waals surface area (Å²) < 4.78 is 5.50. The summed E-state index contributed by atoms with van der Waals surface area (Å²) in [5.41, 5.74) is 2.23. The maximum atomic E-state index is 12.4. The Hall–Kier alpha value is -4.20. The van der Waals surface area contributed by atoms with Gasteiger partial charge in [-0.05, 0) is 5.56 Å². The summed E-state index contributed by atoms with van der Waals surface area (Å²) in [6.07, 6.45) is 3.73. The van der Waals surface area contributed by atoms with E-state index in [1.807, 2.05) is 42.5 Å². The van der Waals surface area contributed by atoms with Gasteiger partial charge in [0.15, 0.2) is 0 Å². The molecule has 202 valence electrons. The zero-order valence-electron chi connectivity index (χ0n) is 22.7. The van der Waals surface area contributed by atoms with Crippen molar-refractivity contribution in [2.24, 2.45) is 0 Å². The Morgan fingerprint density at radius 2 is 0.975 bits per heavy atom. The first-order chi connectivity index (χ1) is 19.8. The first kappa shape index (κ1) is 27.4. The molecule has 0 bridgehead atoms. The molecule has 3 nitrogen and oxygen atoms in total. The summed E-state index contributed by atoms with van der Waals surface area (Å²) in [5.74, 6) is 0.543. The van der Waals surface area contributed by atoms with Gasteiger partial charge in [-0.15, -0.1) is 0 Å². The molecule has 0 atom stereocenters. The Kier molecular flexibility index (Phi) is 9.40.